The Hall–Kier alpha value is -2.27. The van der Waals surface area contributed by atoms with Crippen LogP contribution in [0.3, 0.4) is 0 Å². The zero-order valence-electron chi connectivity index (χ0n) is 19.2. The summed E-state index contributed by atoms with van der Waals surface area (Å²) < 4.78 is 7.70. The summed E-state index contributed by atoms with van der Waals surface area (Å²) in [5.41, 5.74) is 2.72. The van der Waals surface area contributed by atoms with Crippen LogP contribution in [0.15, 0.2) is 42.1 Å². The van der Waals surface area contributed by atoms with Gasteiger partial charge in [-0.25, -0.2) is 0 Å². The summed E-state index contributed by atoms with van der Waals surface area (Å²) >= 11 is 0. The van der Waals surface area contributed by atoms with Crippen LogP contribution >= 0.6 is 0 Å². The zero-order valence-corrected chi connectivity index (χ0v) is 19.2. The second-order valence-electron chi connectivity index (χ2n) is 10.2. The van der Waals surface area contributed by atoms with Crippen LogP contribution in [0.25, 0.3) is 10.9 Å². The Morgan fingerprint density at radius 1 is 1.16 bits per heavy atom. The molecule has 170 valence electrons. The second kappa shape index (κ2) is 8.26. The fraction of sp³-hybridized carbons (Fsp3) is 0.593. The summed E-state index contributed by atoms with van der Waals surface area (Å²) in [6.07, 6.45) is 12.9. The normalized spacial score (nSPS) is 29.9. The van der Waals surface area contributed by atoms with E-state index >= 15 is 0 Å². The van der Waals surface area contributed by atoms with E-state index in [2.05, 4.69) is 38.8 Å². The van der Waals surface area contributed by atoms with Crippen molar-refractivity contribution in [3.05, 3.63) is 42.1 Å². The van der Waals surface area contributed by atoms with Crippen LogP contribution in [0.4, 0.5) is 0 Å². The highest BCUT2D eigenvalue weighted by Gasteiger charge is 2.46. The van der Waals surface area contributed by atoms with Crippen molar-refractivity contribution in [2.24, 2.45) is 11.8 Å². The SMILES string of the molecule is COc1cccc2c1ccn2CCC(=O)N1CCCC2=CC3CC(CN4CCCC[C@H]34)[C@@H]21. The standard InChI is InChI=1S/C27H35N3O2/c1-32-25-9-4-8-24-22(25)10-14-28(24)15-11-26(31)30-13-5-6-19-16-20-17-21(27(19)30)18-29-12-3-2-7-23(20)29/h4,8-10,14,16,20-21,23,27H,2-3,5-7,11-13,15,17-18H2,1H3/t20?,21?,23-,27-/m1/s1. The van der Waals surface area contributed by atoms with Gasteiger partial charge in [0.05, 0.1) is 18.7 Å². The molecule has 32 heavy (non-hydrogen) atoms. The molecule has 3 aliphatic heterocycles. The van der Waals surface area contributed by atoms with Gasteiger partial charge in [0, 0.05) is 43.7 Å². The Kier molecular flexibility index (Phi) is 5.25. The van der Waals surface area contributed by atoms with Gasteiger partial charge in [0.15, 0.2) is 0 Å². The predicted molar refractivity (Wildman–Crippen MR) is 127 cm³/mol. The zero-order chi connectivity index (χ0) is 21.7. The summed E-state index contributed by atoms with van der Waals surface area (Å²) in [5.74, 6) is 2.56. The fourth-order valence-corrected chi connectivity index (χ4v) is 7.18. The molecule has 1 aliphatic carbocycles. The van der Waals surface area contributed by atoms with Crippen LogP contribution < -0.4 is 4.74 Å². The first kappa shape index (κ1) is 20.3. The number of aromatic nitrogens is 1. The number of piperidine rings is 3. The number of rotatable bonds is 4. The van der Waals surface area contributed by atoms with Gasteiger partial charge >= 0.3 is 0 Å². The highest BCUT2D eigenvalue weighted by atomic mass is 16.5. The monoisotopic (exact) mass is 433 g/mol. The molecule has 4 heterocycles. The van der Waals surface area contributed by atoms with Gasteiger partial charge in [0.1, 0.15) is 5.75 Å². The summed E-state index contributed by atoms with van der Waals surface area (Å²) in [6.45, 7) is 4.09. The lowest BCUT2D eigenvalue weighted by Gasteiger charge is -2.54. The van der Waals surface area contributed by atoms with Gasteiger partial charge in [-0.3, -0.25) is 9.69 Å². The van der Waals surface area contributed by atoms with Gasteiger partial charge in [0.25, 0.3) is 0 Å². The average Bonchev–Trinajstić information content (AvgIpc) is 3.25. The van der Waals surface area contributed by atoms with Crippen molar-refractivity contribution in [1.82, 2.24) is 14.4 Å². The van der Waals surface area contributed by atoms with Crippen molar-refractivity contribution in [1.29, 1.82) is 0 Å². The average molecular weight is 434 g/mol. The van der Waals surface area contributed by atoms with Gasteiger partial charge in [-0.15, -0.1) is 0 Å². The molecule has 0 radical (unpaired) electrons. The molecule has 0 spiro atoms. The lowest BCUT2D eigenvalue weighted by molar-refractivity contribution is -0.136. The first-order valence-electron chi connectivity index (χ1n) is 12.6. The Labute approximate surface area is 191 Å². The minimum Gasteiger partial charge on any atom is -0.496 e. The fourth-order valence-electron chi connectivity index (χ4n) is 7.18. The van der Waals surface area contributed by atoms with E-state index in [1.807, 2.05) is 12.1 Å². The molecule has 3 saturated heterocycles. The molecule has 5 nitrogen and oxygen atoms in total. The highest BCUT2D eigenvalue weighted by Crippen LogP contribution is 2.45. The predicted octanol–water partition coefficient (Wildman–Crippen LogP) is 4.46. The lowest BCUT2D eigenvalue weighted by atomic mass is 9.68. The van der Waals surface area contributed by atoms with Gasteiger partial charge in [-0.2, -0.15) is 0 Å². The van der Waals surface area contributed by atoms with Crippen LogP contribution in [0, 0.1) is 11.8 Å². The third-order valence-electron chi connectivity index (χ3n) is 8.54. The Balaban J connectivity index is 1.20. The van der Waals surface area contributed by atoms with Gasteiger partial charge in [0.2, 0.25) is 5.91 Å². The minimum atomic E-state index is 0.324. The number of aryl methyl sites for hydroxylation is 1. The Bertz CT molecular complexity index is 1040. The van der Waals surface area contributed by atoms with Crippen LogP contribution in [-0.2, 0) is 11.3 Å². The third kappa shape index (κ3) is 3.37. The summed E-state index contributed by atoms with van der Waals surface area (Å²) in [5, 5.41) is 1.11. The molecule has 1 amide bonds. The minimum absolute atomic E-state index is 0.324. The van der Waals surface area contributed by atoms with E-state index in [1.54, 1.807) is 12.7 Å². The first-order valence-corrected chi connectivity index (χ1v) is 12.6. The van der Waals surface area contributed by atoms with E-state index in [1.165, 1.54) is 45.2 Å². The van der Waals surface area contributed by atoms with Gasteiger partial charge in [-0.05, 0) is 68.7 Å². The van der Waals surface area contributed by atoms with E-state index in [9.17, 15) is 4.79 Å². The topological polar surface area (TPSA) is 37.7 Å². The molecule has 2 bridgehead atoms. The van der Waals surface area contributed by atoms with E-state index < -0.39 is 0 Å². The van der Waals surface area contributed by atoms with Crippen molar-refractivity contribution < 1.29 is 9.53 Å². The number of benzene rings is 1. The molecule has 6 rings (SSSR count). The number of hydrogen-bond acceptors (Lipinski definition) is 3. The maximum absolute atomic E-state index is 13.5. The maximum Gasteiger partial charge on any atom is 0.224 e. The smallest absolute Gasteiger partial charge is 0.224 e. The van der Waals surface area contributed by atoms with Crippen molar-refractivity contribution in [2.75, 3.05) is 26.7 Å². The molecule has 1 aromatic carbocycles. The van der Waals surface area contributed by atoms with E-state index in [0.29, 0.717) is 24.3 Å². The molecule has 2 unspecified atom stereocenters. The number of ether oxygens (including phenoxy) is 1. The van der Waals surface area contributed by atoms with Crippen molar-refractivity contribution in [2.45, 2.75) is 63.6 Å². The van der Waals surface area contributed by atoms with Crippen molar-refractivity contribution in [3.8, 4) is 5.75 Å². The van der Waals surface area contributed by atoms with Crippen LogP contribution in [0.5, 0.6) is 5.75 Å². The van der Waals surface area contributed by atoms with Crippen LogP contribution in [0.2, 0.25) is 0 Å². The molecule has 4 aliphatic rings. The summed E-state index contributed by atoms with van der Waals surface area (Å²) in [7, 11) is 1.71. The molecule has 0 N–H and O–H groups in total. The third-order valence-corrected chi connectivity index (χ3v) is 8.54. The quantitative estimate of drug-likeness (QED) is 0.668. The van der Waals surface area contributed by atoms with Crippen molar-refractivity contribution in [3.63, 3.8) is 0 Å². The Morgan fingerprint density at radius 3 is 3.00 bits per heavy atom. The molecule has 4 atom stereocenters. The first-order chi connectivity index (χ1) is 15.7. The lowest BCUT2D eigenvalue weighted by Crippen LogP contribution is -2.60. The Morgan fingerprint density at radius 2 is 2.09 bits per heavy atom. The van der Waals surface area contributed by atoms with Gasteiger partial charge < -0.3 is 14.2 Å². The number of fused-ring (bicyclic) bond motifs is 7. The molecule has 3 fully saturated rings. The van der Waals surface area contributed by atoms with E-state index in [4.69, 9.17) is 4.74 Å². The number of carbonyl (C=O) groups excluding carboxylic acids is 1. The number of likely N-dealkylation sites (tertiary alicyclic amines) is 1. The van der Waals surface area contributed by atoms with Crippen molar-refractivity contribution >= 4 is 16.8 Å². The van der Waals surface area contributed by atoms with Crippen LogP contribution in [-0.4, -0.2) is 59.1 Å². The number of hydrogen-bond donors (Lipinski definition) is 0. The second-order valence-corrected chi connectivity index (χ2v) is 10.2. The molecule has 5 heteroatoms. The molecule has 2 aromatic rings. The highest BCUT2D eigenvalue weighted by molar-refractivity contribution is 5.86. The van der Waals surface area contributed by atoms with E-state index in [0.717, 1.165) is 48.1 Å². The van der Waals surface area contributed by atoms with Crippen LogP contribution in [0.1, 0.15) is 44.9 Å². The number of nitrogens with zero attached hydrogens (tertiary/aromatic N) is 3. The molecule has 0 saturated carbocycles. The number of amides is 1. The molecular weight excluding hydrogens is 398 g/mol. The number of carbonyl (C=O) groups is 1. The van der Waals surface area contributed by atoms with E-state index in [-0.39, 0.29) is 0 Å². The number of methoxy groups -OCH3 is 1. The maximum atomic E-state index is 13.5. The molecule has 1 aromatic heterocycles. The summed E-state index contributed by atoms with van der Waals surface area (Å²) in [4.78, 5) is 18.5. The largest absolute Gasteiger partial charge is 0.496 e. The molecular formula is C27H35N3O2. The van der Waals surface area contributed by atoms with Gasteiger partial charge in [-0.1, -0.05) is 24.1 Å². The summed E-state index contributed by atoms with van der Waals surface area (Å²) in [6, 6.07) is 9.33.